The summed E-state index contributed by atoms with van der Waals surface area (Å²) in [6, 6.07) is 6.38. The Balaban J connectivity index is 1.30. The maximum absolute atomic E-state index is 13.0. The first-order chi connectivity index (χ1) is 15.8. The number of thioether (sulfide) groups is 1. The molecule has 33 heavy (non-hydrogen) atoms. The van der Waals surface area contributed by atoms with E-state index in [4.69, 9.17) is 4.74 Å². The zero-order chi connectivity index (χ0) is 23.5. The fourth-order valence-corrected chi connectivity index (χ4v) is 5.95. The number of nitrogens with zero attached hydrogens (tertiary/aromatic N) is 5. The summed E-state index contributed by atoms with van der Waals surface area (Å²) in [4.78, 5) is 17.5. The largest absolute Gasteiger partial charge is 0.373 e. The van der Waals surface area contributed by atoms with Crippen LogP contribution in [0.2, 0.25) is 0 Å². The Kier molecular flexibility index (Phi) is 7.76. The van der Waals surface area contributed by atoms with Gasteiger partial charge in [-0.25, -0.2) is 0 Å². The van der Waals surface area contributed by atoms with Crippen molar-refractivity contribution in [3.05, 3.63) is 35.2 Å². The van der Waals surface area contributed by atoms with Crippen molar-refractivity contribution in [2.75, 3.05) is 38.5 Å². The van der Waals surface area contributed by atoms with Gasteiger partial charge in [-0.05, 0) is 70.6 Å². The summed E-state index contributed by atoms with van der Waals surface area (Å²) in [5.74, 6) is 2.09. The number of hydrogen-bond acceptors (Lipinski definition) is 6. The van der Waals surface area contributed by atoms with Crippen LogP contribution in [0.15, 0.2) is 23.4 Å². The van der Waals surface area contributed by atoms with Gasteiger partial charge < -0.3 is 9.64 Å². The Morgan fingerprint density at radius 3 is 2.48 bits per heavy atom. The van der Waals surface area contributed by atoms with Gasteiger partial charge in [-0.15, -0.1) is 10.2 Å². The van der Waals surface area contributed by atoms with Gasteiger partial charge in [0.15, 0.2) is 5.16 Å². The fourth-order valence-electron chi connectivity index (χ4n) is 5.06. The van der Waals surface area contributed by atoms with Crippen LogP contribution in [0.4, 0.5) is 0 Å². The highest BCUT2D eigenvalue weighted by Gasteiger charge is 2.28. The molecule has 0 radical (unpaired) electrons. The molecule has 0 spiro atoms. The summed E-state index contributed by atoms with van der Waals surface area (Å²) in [7, 11) is 0. The molecule has 7 nitrogen and oxygen atoms in total. The SMILES string of the molecule is Cc1ccc(C)c(-n2c(C)nnc2SCC(=O)N2CCC(CN3CC(C)OC(C)C3)CC2)c1. The molecule has 2 saturated heterocycles. The minimum absolute atomic E-state index is 0.195. The number of morpholine rings is 1. The topological polar surface area (TPSA) is 63.5 Å². The Morgan fingerprint density at radius 2 is 1.79 bits per heavy atom. The first kappa shape index (κ1) is 24.2. The molecule has 2 aromatic rings. The minimum Gasteiger partial charge on any atom is -0.373 e. The predicted octanol–water partition coefficient (Wildman–Crippen LogP) is 3.63. The number of piperidine rings is 1. The third-order valence-electron chi connectivity index (χ3n) is 6.70. The van der Waals surface area contributed by atoms with E-state index in [1.807, 2.05) is 11.8 Å². The first-order valence-electron chi connectivity index (χ1n) is 12.1. The molecule has 0 N–H and O–H groups in total. The van der Waals surface area contributed by atoms with Crippen LogP contribution in [0.25, 0.3) is 5.69 Å². The van der Waals surface area contributed by atoms with E-state index in [0.29, 0.717) is 23.9 Å². The van der Waals surface area contributed by atoms with Gasteiger partial charge in [0.25, 0.3) is 0 Å². The average Bonchev–Trinajstić information content (AvgIpc) is 3.13. The van der Waals surface area contributed by atoms with E-state index in [0.717, 1.165) is 62.2 Å². The number of amides is 1. The van der Waals surface area contributed by atoms with Crippen LogP contribution in [0.5, 0.6) is 0 Å². The molecule has 0 aliphatic carbocycles. The van der Waals surface area contributed by atoms with Gasteiger partial charge in [0, 0.05) is 32.7 Å². The van der Waals surface area contributed by atoms with E-state index in [-0.39, 0.29) is 5.91 Å². The van der Waals surface area contributed by atoms with Crippen molar-refractivity contribution in [3.63, 3.8) is 0 Å². The fraction of sp³-hybridized carbons (Fsp3) is 0.640. The van der Waals surface area contributed by atoms with Gasteiger partial charge in [-0.2, -0.15) is 0 Å². The highest BCUT2D eigenvalue weighted by atomic mass is 32.2. The molecule has 2 unspecified atom stereocenters. The van der Waals surface area contributed by atoms with Gasteiger partial charge in [0.1, 0.15) is 5.82 Å². The lowest BCUT2D eigenvalue weighted by molar-refractivity contribution is -0.130. The maximum atomic E-state index is 13.0. The van der Waals surface area contributed by atoms with Crippen molar-refractivity contribution in [3.8, 4) is 5.69 Å². The Labute approximate surface area is 201 Å². The van der Waals surface area contributed by atoms with E-state index in [1.54, 1.807) is 0 Å². The molecule has 0 saturated carbocycles. The highest BCUT2D eigenvalue weighted by Crippen LogP contribution is 2.26. The number of benzene rings is 1. The quantitative estimate of drug-likeness (QED) is 0.600. The Hall–Kier alpha value is -1.90. The van der Waals surface area contributed by atoms with Crippen molar-refractivity contribution in [1.29, 1.82) is 0 Å². The molecule has 2 aliphatic rings. The van der Waals surface area contributed by atoms with E-state index in [1.165, 1.54) is 22.9 Å². The number of aryl methyl sites for hydroxylation is 3. The van der Waals surface area contributed by atoms with Gasteiger partial charge in [-0.1, -0.05) is 23.9 Å². The smallest absolute Gasteiger partial charge is 0.233 e. The number of carbonyl (C=O) groups is 1. The zero-order valence-electron chi connectivity index (χ0n) is 20.6. The standard InChI is InChI=1S/C25H37N5O2S/c1-17-6-7-18(2)23(12-17)30-21(5)26-27-25(30)33-16-24(31)29-10-8-22(9-11-29)15-28-13-19(3)32-20(4)14-28/h6-7,12,19-20,22H,8-11,13-16H2,1-5H3. The second kappa shape index (κ2) is 10.6. The molecule has 4 rings (SSSR count). The van der Waals surface area contributed by atoms with Crippen molar-refractivity contribution < 1.29 is 9.53 Å². The van der Waals surface area contributed by atoms with Crippen LogP contribution >= 0.6 is 11.8 Å². The Morgan fingerprint density at radius 1 is 1.09 bits per heavy atom. The normalized spacial score (nSPS) is 22.6. The van der Waals surface area contributed by atoms with E-state index in [9.17, 15) is 4.79 Å². The molecule has 0 bridgehead atoms. The molecular formula is C25H37N5O2S. The zero-order valence-corrected chi connectivity index (χ0v) is 21.4. The summed E-state index contributed by atoms with van der Waals surface area (Å²) in [6.45, 7) is 15.3. The first-order valence-corrected chi connectivity index (χ1v) is 13.1. The van der Waals surface area contributed by atoms with E-state index < -0.39 is 0 Å². The summed E-state index contributed by atoms with van der Waals surface area (Å²) in [6.07, 6.45) is 2.77. The number of aromatic nitrogens is 3. The second-order valence-corrected chi connectivity index (χ2v) is 10.7. The van der Waals surface area contributed by atoms with Crippen molar-refractivity contribution in [2.24, 2.45) is 5.92 Å². The van der Waals surface area contributed by atoms with E-state index in [2.05, 4.69) is 65.6 Å². The average molecular weight is 472 g/mol. The molecule has 1 aromatic heterocycles. The third-order valence-corrected chi connectivity index (χ3v) is 7.62. The molecule has 1 aromatic carbocycles. The van der Waals surface area contributed by atoms with Crippen LogP contribution in [0.1, 0.15) is 43.6 Å². The minimum atomic E-state index is 0.195. The number of carbonyl (C=O) groups excluding carboxylic acids is 1. The summed E-state index contributed by atoms with van der Waals surface area (Å²) in [5, 5.41) is 9.42. The molecular weight excluding hydrogens is 434 g/mol. The molecule has 2 atom stereocenters. The number of rotatable bonds is 6. The van der Waals surface area contributed by atoms with Crippen LogP contribution in [-0.4, -0.2) is 81.2 Å². The van der Waals surface area contributed by atoms with Crippen molar-refractivity contribution in [2.45, 2.75) is 64.8 Å². The second-order valence-electron chi connectivity index (χ2n) is 9.74. The monoisotopic (exact) mass is 471 g/mol. The van der Waals surface area contributed by atoms with Gasteiger partial charge in [0.2, 0.25) is 5.91 Å². The molecule has 8 heteroatoms. The van der Waals surface area contributed by atoms with Gasteiger partial charge in [-0.3, -0.25) is 14.3 Å². The lowest BCUT2D eigenvalue weighted by atomic mass is 9.95. The van der Waals surface area contributed by atoms with Crippen LogP contribution in [0, 0.1) is 26.7 Å². The molecule has 2 fully saturated rings. The number of hydrogen-bond donors (Lipinski definition) is 0. The molecule has 180 valence electrons. The highest BCUT2D eigenvalue weighted by molar-refractivity contribution is 7.99. The summed E-state index contributed by atoms with van der Waals surface area (Å²) < 4.78 is 7.93. The number of likely N-dealkylation sites (tertiary alicyclic amines) is 1. The lowest BCUT2D eigenvalue weighted by Gasteiger charge is -2.39. The van der Waals surface area contributed by atoms with Crippen LogP contribution < -0.4 is 0 Å². The van der Waals surface area contributed by atoms with Gasteiger partial charge >= 0.3 is 0 Å². The lowest BCUT2D eigenvalue weighted by Crippen LogP contribution is -2.48. The Bertz CT molecular complexity index is 960. The molecule has 3 heterocycles. The summed E-state index contributed by atoms with van der Waals surface area (Å²) in [5.41, 5.74) is 3.45. The third kappa shape index (κ3) is 5.97. The van der Waals surface area contributed by atoms with Crippen LogP contribution in [-0.2, 0) is 9.53 Å². The van der Waals surface area contributed by atoms with E-state index >= 15 is 0 Å². The molecule has 1 amide bonds. The predicted molar refractivity (Wildman–Crippen MR) is 132 cm³/mol. The molecule has 2 aliphatic heterocycles. The van der Waals surface area contributed by atoms with Gasteiger partial charge in [0.05, 0.1) is 23.6 Å². The maximum Gasteiger partial charge on any atom is 0.233 e. The summed E-state index contributed by atoms with van der Waals surface area (Å²) >= 11 is 1.48. The van der Waals surface area contributed by atoms with Crippen molar-refractivity contribution in [1.82, 2.24) is 24.6 Å². The van der Waals surface area contributed by atoms with Crippen molar-refractivity contribution >= 4 is 17.7 Å². The number of ether oxygens (including phenoxy) is 1. The van der Waals surface area contributed by atoms with Crippen LogP contribution in [0.3, 0.4) is 0 Å².